The van der Waals surface area contributed by atoms with Gasteiger partial charge in [-0.05, 0) is 41.3 Å². The van der Waals surface area contributed by atoms with Gasteiger partial charge in [0.05, 0.1) is 5.39 Å². The number of nitrogens with zero attached hydrogens (tertiary/aromatic N) is 6. The zero-order chi connectivity index (χ0) is 19.1. The molecule has 0 saturated carbocycles. The van der Waals surface area contributed by atoms with Gasteiger partial charge in [-0.15, -0.1) is 11.3 Å². The summed E-state index contributed by atoms with van der Waals surface area (Å²) in [5.74, 6) is 1.47. The maximum absolute atomic E-state index is 4.73. The van der Waals surface area contributed by atoms with Gasteiger partial charge in [0.2, 0.25) is 0 Å². The number of aromatic nitrogens is 5. The molecule has 5 rings (SSSR count). The highest BCUT2D eigenvalue weighted by atomic mass is 32.1. The van der Waals surface area contributed by atoms with Crippen molar-refractivity contribution in [3.8, 4) is 0 Å². The van der Waals surface area contributed by atoms with E-state index in [1.807, 2.05) is 0 Å². The third kappa shape index (κ3) is 3.02. The zero-order valence-corrected chi connectivity index (χ0v) is 16.9. The lowest BCUT2D eigenvalue weighted by molar-refractivity contribution is 0.249. The van der Waals surface area contributed by atoms with Crippen LogP contribution in [0.15, 0.2) is 30.3 Å². The number of rotatable bonds is 5. The van der Waals surface area contributed by atoms with Crippen molar-refractivity contribution in [1.29, 1.82) is 0 Å². The molecule has 4 aromatic rings. The summed E-state index contributed by atoms with van der Waals surface area (Å²) in [4.78, 5) is 9.73. The van der Waals surface area contributed by atoms with Crippen LogP contribution < -0.4 is 5.32 Å². The summed E-state index contributed by atoms with van der Waals surface area (Å²) < 4.78 is 1.78. The SMILES string of the molecule is CC[C@H](C)Nc1nc2nnnn2c2sc3c(c12)CCN(Cc1ccccc1)C3. The molecule has 8 heteroatoms. The van der Waals surface area contributed by atoms with Crippen molar-refractivity contribution in [1.82, 2.24) is 29.9 Å². The van der Waals surface area contributed by atoms with E-state index in [1.165, 1.54) is 21.4 Å². The molecular formula is C20H23N7S. The quantitative estimate of drug-likeness (QED) is 0.560. The fourth-order valence-electron chi connectivity index (χ4n) is 3.79. The largest absolute Gasteiger partial charge is 0.367 e. The first-order chi connectivity index (χ1) is 13.7. The molecule has 1 N–H and O–H groups in total. The number of thiophene rings is 1. The van der Waals surface area contributed by atoms with E-state index in [1.54, 1.807) is 15.9 Å². The van der Waals surface area contributed by atoms with Gasteiger partial charge in [0, 0.05) is 30.6 Å². The number of hydrogen-bond donors (Lipinski definition) is 1. The van der Waals surface area contributed by atoms with Crippen LogP contribution in [0.3, 0.4) is 0 Å². The van der Waals surface area contributed by atoms with E-state index >= 15 is 0 Å². The molecule has 0 aliphatic carbocycles. The highest BCUT2D eigenvalue weighted by molar-refractivity contribution is 7.19. The zero-order valence-electron chi connectivity index (χ0n) is 16.1. The molecule has 28 heavy (non-hydrogen) atoms. The average Bonchev–Trinajstić information content (AvgIpc) is 3.32. The molecule has 0 bridgehead atoms. The maximum Gasteiger partial charge on any atom is 0.276 e. The molecule has 0 fully saturated rings. The second-order valence-corrected chi connectivity index (χ2v) is 8.52. The molecule has 4 heterocycles. The Labute approximate surface area is 167 Å². The number of anilines is 1. The standard InChI is InChI=1S/C20H23N7S/c1-3-13(2)21-18-17-15-9-10-26(11-14-7-5-4-6-8-14)12-16(15)28-19(17)27-20(22-18)23-24-25-27/h4-8,13H,3,9-12H2,1-2H3,(H,21,22,23,25)/t13-/m0/s1. The van der Waals surface area contributed by atoms with Crippen LogP contribution in [0, 0.1) is 0 Å². The molecule has 0 radical (unpaired) electrons. The number of fused-ring (bicyclic) bond motifs is 5. The summed E-state index contributed by atoms with van der Waals surface area (Å²) in [6.45, 7) is 7.34. The highest BCUT2D eigenvalue weighted by Crippen LogP contribution is 2.39. The van der Waals surface area contributed by atoms with Gasteiger partial charge < -0.3 is 5.32 Å². The van der Waals surface area contributed by atoms with Crippen molar-refractivity contribution in [2.75, 3.05) is 11.9 Å². The predicted octanol–water partition coefficient (Wildman–Crippen LogP) is 3.50. The Bertz CT molecular complexity index is 1120. The summed E-state index contributed by atoms with van der Waals surface area (Å²) in [5, 5.41) is 16.9. The first-order valence-electron chi connectivity index (χ1n) is 9.78. The number of benzene rings is 1. The van der Waals surface area contributed by atoms with Crippen LogP contribution in [0.2, 0.25) is 0 Å². The lowest BCUT2D eigenvalue weighted by Gasteiger charge is -2.27. The van der Waals surface area contributed by atoms with Gasteiger partial charge in [0.1, 0.15) is 10.6 Å². The summed E-state index contributed by atoms with van der Waals surface area (Å²) in [6.07, 6.45) is 2.06. The molecule has 0 unspecified atom stereocenters. The number of nitrogens with one attached hydrogen (secondary N) is 1. The molecule has 1 atom stereocenters. The van der Waals surface area contributed by atoms with Crippen LogP contribution in [0.4, 0.5) is 5.82 Å². The Morgan fingerprint density at radius 3 is 2.93 bits per heavy atom. The highest BCUT2D eigenvalue weighted by Gasteiger charge is 2.26. The summed E-state index contributed by atoms with van der Waals surface area (Å²) >= 11 is 1.80. The Balaban J connectivity index is 1.55. The Morgan fingerprint density at radius 2 is 2.11 bits per heavy atom. The molecular weight excluding hydrogens is 370 g/mol. The van der Waals surface area contributed by atoms with Gasteiger partial charge in [-0.2, -0.15) is 9.50 Å². The van der Waals surface area contributed by atoms with E-state index in [2.05, 4.69) is 69.9 Å². The van der Waals surface area contributed by atoms with Crippen molar-refractivity contribution in [2.45, 2.75) is 45.8 Å². The van der Waals surface area contributed by atoms with Crippen molar-refractivity contribution in [3.63, 3.8) is 0 Å². The Morgan fingerprint density at radius 1 is 1.25 bits per heavy atom. The lowest BCUT2D eigenvalue weighted by atomic mass is 10.0. The van der Waals surface area contributed by atoms with Crippen molar-refractivity contribution < 1.29 is 0 Å². The van der Waals surface area contributed by atoms with E-state index in [9.17, 15) is 0 Å². The second-order valence-electron chi connectivity index (χ2n) is 7.43. The summed E-state index contributed by atoms with van der Waals surface area (Å²) in [7, 11) is 0. The van der Waals surface area contributed by atoms with Gasteiger partial charge in [-0.1, -0.05) is 42.4 Å². The molecule has 0 amide bonds. The van der Waals surface area contributed by atoms with Crippen LogP contribution in [0.25, 0.3) is 16.0 Å². The van der Waals surface area contributed by atoms with Crippen LogP contribution in [0.1, 0.15) is 36.3 Å². The van der Waals surface area contributed by atoms with Crippen molar-refractivity contribution in [2.24, 2.45) is 0 Å². The van der Waals surface area contributed by atoms with E-state index in [4.69, 9.17) is 4.98 Å². The molecule has 1 aromatic carbocycles. The molecule has 7 nitrogen and oxygen atoms in total. The number of hydrogen-bond acceptors (Lipinski definition) is 7. The lowest BCUT2D eigenvalue weighted by Crippen LogP contribution is -2.29. The van der Waals surface area contributed by atoms with Gasteiger partial charge >= 0.3 is 0 Å². The first-order valence-corrected chi connectivity index (χ1v) is 10.6. The van der Waals surface area contributed by atoms with Crippen LogP contribution in [0.5, 0.6) is 0 Å². The van der Waals surface area contributed by atoms with Crippen molar-refractivity contribution >= 4 is 33.1 Å². The third-order valence-electron chi connectivity index (χ3n) is 5.46. The monoisotopic (exact) mass is 393 g/mol. The van der Waals surface area contributed by atoms with Gasteiger partial charge in [-0.3, -0.25) is 4.90 Å². The molecule has 3 aromatic heterocycles. The minimum atomic E-state index is 0.350. The first kappa shape index (κ1) is 17.5. The second kappa shape index (κ2) is 7.10. The fraction of sp³-hybridized carbons (Fsp3) is 0.400. The maximum atomic E-state index is 4.73. The van der Waals surface area contributed by atoms with E-state index in [0.29, 0.717) is 11.8 Å². The Kier molecular flexibility index (Phi) is 4.44. The minimum absolute atomic E-state index is 0.350. The van der Waals surface area contributed by atoms with Gasteiger partial charge in [0.15, 0.2) is 0 Å². The van der Waals surface area contributed by atoms with Crippen LogP contribution in [-0.4, -0.2) is 42.5 Å². The van der Waals surface area contributed by atoms with Gasteiger partial charge in [0.25, 0.3) is 5.78 Å². The third-order valence-corrected chi connectivity index (χ3v) is 6.65. The number of tetrazole rings is 1. The van der Waals surface area contributed by atoms with Gasteiger partial charge in [-0.25, -0.2) is 0 Å². The van der Waals surface area contributed by atoms with E-state index in [0.717, 1.165) is 43.1 Å². The van der Waals surface area contributed by atoms with E-state index < -0.39 is 0 Å². The summed E-state index contributed by atoms with van der Waals surface area (Å²) in [6, 6.07) is 11.0. The molecule has 144 valence electrons. The van der Waals surface area contributed by atoms with Crippen molar-refractivity contribution in [3.05, 3.63) is 46.3 Å². The van der Waals surface area contributed by atoms with Crippen LogP contribution in [-0.2, 0) is 19.5 Å². The normalized spacial score (nSPS) is 15.8. The minimum Gasteiger partial charge on any atom is -0.367 e. The predicted molar refractivity (Wildman–Crippen MR) is 112 cm³/mol. The molecule has 0 saturated heterocycles. The smallest absolute Gasteiger partial charge is 0.276 e. The average molecular weight is 394 g/mol. The molecule has 1 aliphatic heterocycles. The fourth-order valence-corrected chi connectivity index (χ4v) is 5.13. The Hall–Kier alpha value is -2.58. The topological polar surface area (TPSA) is 71.2 Å². The summed E-state index contributed by atoms with van der Waals surface area (Å²) in [5.41, 5.74) is 2.76. The van der Waals surface area contributed by atoms with Crippen LogP contribution >= 0.6 is 11.3 Å². The van der Waals surface area contributed by atoms with E-state index in [-0.39, 0.29) is 0 Å². The molecule has 0 spiro atoms. The molecule has 1 aliphatic rings.